The Hall–Kier alpha value is -2.42. The van der Waals surface area contributed by atoms with Crippen LogP contribution in [0.4, 0.5) is 5.00 Å². The van der Waals surface area contributed by atoms with Crippen LogP contribution in [0.3, 0.4) is 0 Å². The molecule has 170 valence electrons. The topological polar surface area (TPSA) is 79.0 Å². The van der Waals surface area contributed by atoms with Crippen LogP contribution in [0.15, 0.2) is 36.4 Å². The molecule has 2 fully saturated rings. The quantitative estimate of drug-likeness (QED) is 0.616. The maximum atomic E-state index is 13.0. The second-order valence-electron chi connectivity index (χ2n) is 7.96. The molecule has 1 atom stereocenters. The van der Waals surface area contributed by atoms with Crippen LogP contribution in [0, 0.1) is 5.92 Å². The van der Waals surface area contributed by atoms with E-state index in [-0.39, 0.29) is 23.7 Å². The number of rotatable bonds is 7. The number of ether oxygens (including phenoxy) is 1. The van der Waals surface area contributed by atoms with Crippen molar-refractivity contribution in [3.63, 3.8) is 0 Å². The predicted molar refractivity (Wildman–Crippen MR) is 124 cm³/mol. The number of hydrogen-bond donors (Lipinski definition) is 1. The Bertz CT molecular complexity index is 981. The van der Waals surface area contributed by atoms with Crippen LogP contribution in [-0.2, 0) is 14.3 Å². The van der Waals surface area contributed by atoms with E-state index >= 15 is 0 Å². The largest absolute Gasteiger partial charge is 0.465 e. The molecule has 1 saturated carbocycles. The molecule has 0 bridgehead atoms. The number of thiophene rings is 1. The van der Waals surface area contributed by atoms with E-state index in [9.17, 15) is 14.4 Å². The first-order valence-electron chi connectivity index (χ1n) is 10.8. The van der Waals surface area contributed by atoms with Gasteiger partial charge in [-0.25, -0.2) is 4.79 Å². The highest BCUT2D eigenvalue weighted by atomic mass is 35.5. The number of halogens is 1. The smallest absolute Gasteiger partial charge is 0.328 e. The van der Waals surface area contributed by atoms with Gasteiger partial charge in [-0.1, -0.05) is 23.7 Å². The van der Waals surface area contributed by atoms with Crippen molar-refractivity contribution < 1.29 is 19.1 Å². The van der Waals surface area contributed by atoms with Crippen LogP contribution < -0.4 is 5.32 Å². The Balaban J connectivity index is 1.38. The van der Waals surface area contributed by atoms with Gasteiger partial charge in [-0.05, 0) is 49.6 Å². The van der Waals surface area contributed by atoms with E-state index in [0.29, 0.717) is 47.7 Å². The van der Waals surface area contributed by atoms with Crippen LogP contribution in [0.2, 0.25) is 5.02 Å². The number of nitrogens with zero attached hydrogens (tertiary/aromatic N) is 2. The van der Waals surface area contributed by atoms with Crippen molar-refractivity contribution in [2.75, 3.05) is 38.1 Å². The lowest BCUT2D eigenvalue weighted by Gasteiger charge is -2.38. The molecule has 0 radical (unpaired) electrons. The zero-order valence-corrected chi connectivity index (χ0v) is 19.5. The fourth-order valence-corrected chi connectivity index (χ4v) is 4.79. The lowest BCUT2D eigenvalue weighted by Crippen LogP contribution is -2.51. The number of esters is 1. The van der Waals surface area contributed by atoms with Gasteiger partial charge in [0.25, 0.3) is 5.91 Å². The van der Waals surface area contributed by atoms with Crippen LogP contribution in [-0.4, -0.2) is 60.4 Å². The first-order valence-corrected chi connectivity index (χ1v) is 12.0. The van der Waals surface area contributed by atoms with Gasteiger partial charge in [0.15, 0.2) is 0 Å². The Labute approximate surface area is 196 Å². The molecule has 2 aromatic rings. The van der Waals surface area contributed by atoms with Crippen molar-refractivity contribution in [1.29, 1.82) is 0 Å². The van der Waals surface area contributed by atoms with E-state index in [1.807, 2.05) is 17.0 Å². The number of benzene rings is 1. The average Bonchev–Trinajstić information content (AvgIpc) is 3.55. The monoisotopic (exact) mass is 475 g/mol. The number of carbonyl (C=O) groups is 3. The summed E-state index contributed by atoms with van der Waals surface area (Å²) in [7, 11) is 0. The summed E-state index contributed by atoms with van der Waals surface area (Å²) in [5.74, 6) is -0.200. The highest BCUT2D eigenvalue weighted by Crippen LogP contribution is 2.32. The van der Waals surface area contributed by atoms with Crippen LogP contribution in [0.5, 0.6) is 0 Å². The normalized spacial score (nSPS) is 17.6. The Kier molecular flexibility index (Phi) is 7.13. The third-order valence-corrected chi connectivity index (χ3v) is 6.91. The lowest BCUT2D eigenvalue weighted by molar-refractivity contribution is -0.150. The van der Waals surface area contributed by atoms with Gasteiger partial charge < -0.3 is 15.0 Å². The van der Waals surface area contributed by atoms with Crippen molar-refractivity contribution in [2.24, 2.45) is 5.92 Å². The lowest BCUT2D eigenvalue weighted by atomic mass is 10.0. The highest BCUT2D eigenvalue weighted by molar-refractivity contribution is 7.18. The zero-order chi connectivity index (χ0) is 22.7. The van der Waals surface area contributed by atoms with Gasteiger partial charge in [-0.3, -0.25) is 14.5 Å². The molecule has 1 aliphatic carbocycles. The molecule has 1 unspecified atom stereocenters. The summed E-state index contributed by atoms with van der Waals surface area (Å²) in [5, 5.41) is 4.20. The van der Waals surface area contributed by atoms with Crippen LogP contribution in [0.25, 0.3) is 0 Å². The number of carbonyl (C=O) groups excluding carboxylic acids is 3. The molecule has 2 heterocycles. The van der Waals surface area contributed by atoms with E-state index in [1.54, 1.807) is 36.1 Å². The summed E-state index contributed by atoms with van der Waals surface area (Å²) in [6.45, 7) is 4.20. The van der Waals surface area contributed by atoms with Gasteiger partial charge >= 0.3 is 5.97 Å². The number of amides is 2. The molecule has 9 heteroatoms. The van der Waals surface area contributed by atoms with Crippen LogP contribution >= 0.6 is 22.9 Å². The maximum Gasteiger partial charge on any atom is 0.328 e. The van der Waals surface area contributed by atoms with Crippen molar-refractivity contribution in [2.45, 2.75) is 25.8 Å². The van der Waals surface area contributed by atoms with Gasteiger partial charge in [-0.2, -0.15) is 0 Å². The summed E-state index contributed by atoms with van der Waals surface area (Å²) < 4.78 is 5.31. The average molecular weight is 476 g/mol. The highest BCUT2D eigenvalue weighted by Gasteiger charge is 2.33. The zero-order valence-electron chi connectivity index (χ0n) is 17.9. The SMILES string of the molecule is CCOC(=O)C(c1ccc(Cl)cc1)N1CCN(C(=O)c2ccc(NC(=O)C3CC3)s2)CC1. The van der Waals surface area contributed by atoms with Gasteiger partial charge in [-0.15, -0.1) is 11.3 Å². The van der Waals surface area contributed by atoms with Crippen molar-refractivity contribution in [1.82, 2.24) is 9.80 Å². The summed E-state index contributed by atoms with van der Waals surface area (Å²) in [5.41, 5.74) is 0.821. The van der Waals surface area contributed by atoms with Gasteiger partial charge in [0.05, 0.1) is 16.5 Å². The van der Waals surface area contributed by atoms with Crippen molar-refractivity contribution in [3.8, 4) is 0 Å². The number of nitrogens with one attached hydrogen (secondary N) is 1. The number of piperazine rings is 1. The molecule has 4 rings (SSSR count). The summed E-state index contributed by atoms with van der Waals surface area (Å²) in [6.07, 6.45) is 1.88. The molecular formula is C23H26ClN3O4S. The molecule has 7 nitrogen and oxygen atoms in total. The van der Waals surface area contributed by atoms with E-state index in [0.717, 1.165) is 18.4 Å². The van der Waals surface area contributed by atoms with E-state index in [4.69, 9.17) is 16.3 Å². The molecule has 1 saturated heterocycles. The van der Waals surface area contributed by atoms with Gasteiger partial charge in [0.2, 0.25) is 5.91 Å². The standard InChI is InChI=1S/C23H26ClN3O4S/c1-2-31-23(30)20(15-5-7-17(24)8-6-15)26-11-13-27(14-12-26)22(29)18-9-10-19(32-18)25-21(28)16-3-4-16/h5-10,16,20H,2-4,11-14H2,1H3,(H,25,28). The molecule has 32 heavy (non-hydrogen) atoms. The molecule has 1 aliphatic heterocycles. The molecule has 0 spiro atoms. The molecule has 1 aromatic carbocycles. The van der Waals surface area contributed by atoms with Gasteiger partial charge in [0, 0.05) is 37.1 Å². The Morgan fingerprint density at radius 3 is 2.41 bits per heavy atom. The minimum Gasteiger partial charge on any atom is -0.465 e. The fourth-order valence-electron chi connectivity index (χ4n) is 3.79. The van der Waals surface area contributed by atoms with Crippen LogP contribution in [0.1, 0.15) is 41.0 Å². The predicted octanol–water partition coefficient (Wildman–Crippen LogP) is 3.81. The summed E-state index contributed by atoms with van der Waals surface area (Å²) in [4.78, 5) is 42.0. The number of hydrogen-bond acceptors (Lipinski definition) is 6. The molecule has 2 amide bonds. The molecule has 2 aliphatic rings. The molecular weight excluding hydrogens is 450 g/mol. The maximum absolute atomic E-state index is 13.0. The third-order valence-electron chi connectivity index (χ3n) is 5.67. The summed E-state index contributed by atoms with van der Waals surface area (Å²) >= 11 is 7.31. The Morgan fingerprint density at radius 2 is 1.78 bits per heavy atom. The van der Waals surface area contributed by atoms with Crippen molar-refractivity contribution in [3.05, 3.63) is 51.9 Å². The van der Waals surface area contributed by atoms with E-state index in [1.165, 1.54) is 11.3 Å². The number of anilines is 1. The molecule has 1 N–H and O–H groups in total. The van der Waals surface area contributed by atoms with E-state index in [2.05, 4.69) is 5.32 Å². The second-order valence-corrected chi connectivity index (χ2v) is 9.48. The summed E-state index contributed by atoms with van der Waals surface area (Å²) in [6, 6.07) is 10.2. The molecule has 1 aromatic heterocycles. The Morgan fingerprint density at radius 1 is 1.09 bits per heavy atom. The minimum absolute atomic E-state index is 0.0340. The van der Waals surface area contributed by atoms with Gasteiger partial charge in [0.1, 0.15) is 6.04 Å². The second kappa shape index (κ2) is 10.0. The first kappa shape index (κ1) is 22.8. The van der Waals surface area contributed by atoms with Crippen molar-refractivity contribution >= 4 is 45.7 Å². The minimum atomic E-state index is -0.532. The third kappa shape index (κ3) is 5.31. The van der Waals surface area contributed by atoms with E-state index < -0.39 is 6.04 Å². The fraction of sp³-hybridized carbons (Fsp3) is 0.435. The first-order chi connectivity index (χ1) is 15.5.